The van der Waals surface area contributed by atoms with Crippen molar-refractivity contribution in [3.63, 3.8) is 0 Å². The van der Waals surface area contributed by atoms with E-state index in [2.05, 4.69) is 27.1 Å². The van der Waals surface area contributed by atoms with Gasteiger partial charge in [-0.3, -0.25) is 9.55 Å². The zero-order valence-electron chi connectivity index (χ0n) is 17.0. The minimum absolute atomic E-state index is 0.151. The van der Waals surface area contributed by atoms with Crippen molar-refractivity contribution in [2.75, 3.05) is 0 Å². The Kier molecular flexibility index (Phi) is 5.48. The quantitative estimate of drug-likeness (QED) is 0.287. The first-order valence-corrected chi connectivity index (χ1v) is 11.9. The molecule has 9 heteroatoms. The maximum absolute atomic E-state index is 11.5. The minimum Gasteiger partial charge on any atom is -0.424 e. The average Bonchev–Trinajstić information content (AvgIpc) is 3.20. The molecule has 3 aromatic carbocycles. The highest BCUT2D eigenvalue weighted by molar-refractivity contribution is 7.60. The third-order valence-corrected chi connectivity index (χ3v) is 6.33. The van der Waals surface area contributed by atoms with E-state index in [1.165, 1.54) is 12.3 Å². The largest absolute Gasteiger partial charge is 0.424 e. The predicted octanol–water partition coefficient (Wildman–Crippen LogP) is 5.54. The molecule has 0 saturated heterocycles. The Morgan fingerprint density at radius 3 is 2.30 bits per heavy atom. The Balaban J connectivity index is 1.44. The van der Waals surface area contributed by atoms with Gasteiger partial charge in [0, 0.05) is 11.8 Å². The number of imidazole rings is 1. The zero-order valence-corrected chi connectivity index (χ0v) is 18.7. The van der Waals surface area contributed by atoms with Crippen molar-refractivity contribution in [2.24, 2.45) is 0 Å². The molecule has 0 aliphatic rings. The Labute approximate surface area is 193 Å². The molecule has 2 heterocycles. The smallest absolute Gasteiger partial charge is 0.357 e. The van der Waals surface area contributed by atoms with E-state index in [4.69, 9.17) is 16.3 Å². The molecule has 3 N–H and O–H groups in total. The molecule has 0 fully saturated rings. The van der Waals surface area contributed by atoms with Gasteiger partial charge in [-0.15, -0.1) is 0 Å². The number of fused-ring (bicyclic) bond motifs is 1. The Hall–Kier alpha value is -3.48. The fourth-order valence-electron chi connectivity index (χ4n) is 3.48. The van der Waals surface area contributed by atoms with Crippen LogP contribution < -0.4 is 10.0 Å². The SMILES string of the molecule is O=P(O)(O)c1cncc(Oc2nc3cc(-c4ccc(-c5ccccc5)cc4)c(Cl)cc3[nH]2)c1. The van der Waals surface area contributed by atoms with Gasteiger partial charge in [0.2, 0.25) is 0 Å². The normalized spacial score (nSPS) is 11.6. The third kappa shape index (κ3) is 4.53. The van der Waals surface area contributed by atoms with Gasteiger partial charge in [-0.2, -0.15) is 4.98 Å². The van der Waals surface area contributed by atoms with Crippen LogP contribution in [0.3, 0.4) is 0 Å². The van der Waals surface area contributed by atoms with E-state index in [9.17, 15) is 14.4 Å². The Morgan fingerprint density at radius 1 is 0.879 bits per heavy atom. The number of nitrogens with one attached hydrogen (secondary N) is 1. The summed E-state index contributed by atoms with van der Waals surface area (Å²) in [4.78, 5) is 29.9. The fourth-order valence-corrected chi connectivity index (χ4v) is 4.27. The van der Waals surface area contributed by atoms with Gasteiger partial charge >= 0.3 is 7.60 Å². The van der Waals surface area contributed by atoms with Crippen LogP contribution in [0.2, 0.25) is 5.02 Å². The van der Waals surface area contributed by atoms with Gasteiger partial charge in [-0.25, -0.2) is 0 Å². The highest BCUT2D eigenvalue weighted by atomic mass is 35.5. The molecule has 2 aromatic heterocycles. The average molecular weight is 478 g/mol. The summed E-state index contributed by atoms with van der Waals surface area (Å²) < 4.78 is 17.1. The number of benzene rings is 3. The van der Waals surface area contributed by atoms with Crippen LogP contribution in [-0.2, 0) is 4.57 Å². The van der Waals surface area contributed by atoms with Crippen molar-refractivity contribution in [1.29, 1.82) is 0 Å². The van der Waals surface area contributed by atoms with Crippen molar-refractivity contribution in [2.45, 2.75) is 0 Å². The molecule has 7 nitrogen and oxygen atoms in total. The molecule has 0 saturated carbocycles. The van der Waals surface area contributed by atoms with Crippen LogP contribution in [0.1, 0.15) is 0 Å². The number of aromatic amines is 1. The maximum atomic E-state index is 11.5. The number of H-pyrrole nitrogens is 1. The summed E-state index contributed by atoms with van der Waals surface area (Å²) in [7, 11) is -4.44. The summed E-state index contributed by atoms with van der Waals surface area (Å²) in [5, 5.41) is 0.315. The molecule has 5 rings (SSSR count). The standard InChI is InChI=1S/C24H17ClN3O4P/c25-21-12-23-22(27-24(28-23)32-18-10-19(14-26-13-18)33(29,30)31)11-20(21)17-8-6-16(7-9-17)15-4-2-1-3-5-15/h1-14H,(H,27,28)(H2,29,30,31). The number of hydrogen-bond donors (Lipinski definition) is 3. The van der Waals surface area contributed by atoms with E-state index in [0.29, 0.717) is 16.1 Å². The molecule has 164 valence electrons. The maximum Gasteiger partial charge on any atom is 0.357 e. The van der Waals surface area contributed by atoms with Crippen molar-refractivity contribution in [3.05, 3.63) is 90.2 Å². The lowest BCUT2D eigenvalue weighted by Crippen LogP contribution is -2.05. The monoisotopic (exact) mass is 477 g/mol. The number of ether oxygens (including phenoxy) is 1. The molecule has 0 amide bonds. The van der Waals surface area contributed by atoms with Gasteiger partial charge in [0.15, 0.2) is 0 Å². The molecule has 0 atom stereocenters. The van der Waals surface area contributed by atoms with E-state index < -0.39 is 7.60 Å². The first-order chi connectivity index (χ1) is 15.9. The van der Waals surface area contributed by atoms with Gasteiger partial charge in [0.1, 0.15) is 5.75 Å². The number of nitrogens with zero attached hydrogens (tertiary/aromatic N) is 2. The van der Waals surface area contributed by atoms with Gasteiger partial charge in [0.05, 0.1) is 27.6 Å². The highest BCUT2D eigenvalue weighted by Gasteiger charge is 2.19. The van der Waals surface area contributed by atoms with Crippen LogP contribution in [0.5, 0.6) is 11.8 Å². The van der Waals surface area contributed by atoms with Crippen LogP contribution in [0.4, 0.5) is 0 Å². The molecule has 0 aliphatic carbocycles. The summed E-state index contributed by atoms with van der Waals surface area (Å²) in [6.07, 6.45) is 2.44. The summed E-state index contributed by atoms with van der Waals surface area (Å²) in [6, 6.07) is 23.2. The van der Waals surface area contributed by atoms with Crippen LogP contribution in [0.25, 0.3) is 33.3 Å². The molecule has 5 aromatic rings. The second-order valence-electron chi connectivity index (χ2n) is 7.36. The second kappa shape index (κ2) is 8.46. The lowest BCUT2D eigenvalue weighted by molar-refractivity contribution is 0.386. The van der Waals surface area contributed by atoms with Crippen molar-refractivity contribution in [1.82, 2.24) is 15.0 Å². The van der Waals surface area contributed by atoms with Gasteiger partial charge in [-0.1, -0.05) is 66.2 Å². The first kappa shape index (κ1) is 21.4. The fraction of sp³-hybridized carbons (Fsp3) is 0. The predicted molar refractivity (Wildman–Crippen MR) is 128 cm³/mol. The zero-order chi connectivity index (χ0) is 23.0. The molecule has 0 radical (unpaired) electrons. The van der Waals surface area contributed by atoms with E-state index in [-0.39, 0.29) is 17.1 Å². The number of aromatic nitrogens is 3. The topological polar surface area (TPSA) is 108 Å². The third-order valence-electron chi connectivity index (χ3n) is 5.10. The number of halogens is 1. The van der Waals surface area contributed by atoms with Crippen molar-refractivity contribution < 1.29 is 19.1 Å². The minimum atomic E-state index is -4.44. The summed E-state index contributed by atoms with van der Waals surface area (Å²) in [5.74, 6) is 0.151. The summed E-state index contributed by atoms with van der Waals surface area (Å²) >= 11 is 6.55. The first-order valence-electron chi connectivity index (χ1n) is 9.91. The van der Waals surface area contributed by atoms with Crippen LogP contribution in [0, 0.1) is 0 Å². The van der Waals surface area contributed by atoms with Crippen LogP contribution in [-0.4, -0.2) is 24.7 Å². The lowest BCUT2D eigenvalue weighted by atomic mass is 10.00. The molecule has 0 bridgehead atoms. The Morgan fingerprint density at radius 2 is 1.58 bits per heavy atom. The Bertz CT molecular complexity index is 1500. The molecule has 0 unspecified atom stereocenters. The summed E-state index contributed by atoms with van der Waals surface area (Å²) in [6.45, 7) is 0. The van der Waals surface area contributed by atoms with E-state index in [1.54, 1.807) is 6.07 Å². The number of rotatable bonds is 5. The lowest BCUT2D eigenvalue weighted by Gasteiger charge is -2.07. The van der Waals surface area contributed by atoms with Crippen molar-refractivity contribution in [3.8, 4) is 34.0 Å². The number of pyridine rings is 1. The van der Waals surface area contributed by atoms with E-state index in [0.717, 1.165) is 28.5 Å². The highest BCUT2D eigenvalue weighted by Crippen LogP contribution is 2.36. The van der Waals surface area contributed by atoms with Gasteiger partial charge in [0.25, 0.3) is 6.01 Å². The van der Waals surface area contributed by atoms with Crippen LogP contribution >= 0.6 is 19.2 Å². The summed E-state index contributed by atoms with van der Waals surface area (Å²) in [5.41, 5.74) is 5.32. The number of hydrogen-bond acceptors (Lipinski definition) is 4. The molecular weight excluding hydrogens is 461 g/mol. The molecule has 0 aliphatic heterocycles. The molecule has 0 spiro atoms. The van der Waals surface area contributed by atoms with Crippen molar-refractivity contribution >= 4 is 35.5 Å². The second-order valence-corrected chi connectivity index (χ2v) is 9.37. The van der Waals surface area contributed by atoms with Gasteiger partial charge < -0.3 is 19.5 Å². The van der Waals surface area contributed by atoms with Gasteiger partial charge in [-0.05, 0) is 34.9 Å². The van der Waals surface area contributed by atoms with Crippen LogP contribution in [0.15, 0.2) is 85.2 Å². The van der Waals surface area contributed by atoms with E-state index >= 15 is 0 Å². The van der Waals surface area contributed by atoms with E-state index in [1.807, 2.05) is 48.5 Å². The molecular formula is C24H17ClN3O4P. The molecule has 33 heavy (non-hydrogen) atoms.